The minimum Gasteiger partial charge on any atom is -0.504 e. The van der Waals surface area contributed by atoms with Crippen molar-refractivity contribution in [2.24, 2.45) is 0 Å². The molecule has 1 saturated heterocycles. The molecular weight excluding hydrogens is 467 g/mol. The minimum atomic E-state index is -0.343. The molecule has 152 valence electrons. The number of hydrogen-bond acceptors (Lipinski definition) is 4. The second kappa shape index (κ2) is 9.83. The topological polar surface area (TPSA) is 64.0 Å². The van der Waals surface area contributed by atoms with Crippen LogP contribution in [0.2, 0.25) is 10.0 Å². The van der Waals surface area contributed by atoms with Gasteiger partial charge in [0.2, 0.25) is 5.91 Å². The molecule has 1 atom stereocenters. The Kier molecular flexibility index (Phi) is 8.01. The summed E-state index contributed by atoms with van der Waals surface area (Å²) in [7, 11) is 0. The molecule has 1 heterocycles. The Labute approximate surface area is 185 Å². The molecule has 3 rings (SSSR count). The third-order valence-electron chi connectivity index (χ3n) is 4.85. The van der Waals surface area contributed by atoms with Gasteiger partial charge in [0.05, 0.1) is 16.1 Å². The fourth-order valence-corrected chi connectivity index (χ4v) is 3.80. The summed E-state index contributed by atoms with van der Waals surface area (Å²) in [6.45, 7) is 4.05. The Hall–Kier alpha value is -1.47. The van der Waals surface area contributed by atoms with Crippen LogP contribution >= 0.6 is 40.2 Å². The summed E-state index contributed by atoms with van der Waals surface area (Å²) in [5, 5.41) is 20.4. The van der Waals surface area contributed by atoms with Crippen LogP contribution in [0.4, 0.5) is 5.69 Å². The highest BCUT2D eigenvalue weighted by Gasteiger charge is 2.28. The van der Waals surface area contributed by atoms with Gasteiger partial charge in [0.1, 0.15) is 0 Å². The number of aromatic hydroxyl groups is 2. The fraction of sp³-hybridized carbons (Fsp3) is 0.350. The average Bonchev–Trinajstić information content (AvgIpc) is 3.13. The molecule has 28 heavy (non-hydrogen) atoms. The van der Waals surface area contributed by atoms with Gasteiger partial charge in [-0.05, 0) is 61.8 Å². The lowest BCUT2D eigenvalue weighted by Gasteiger charge is -2.34. The van der Waals surface area contributed by atoms with Gasteiger partial charge in [0, 0.05) is 19.2 Å². The van der Waals surface area contributed by atoms with Crippen molar-refractivity contribution in [3.8, 4) is 11.5 Å². The van der Waals surface area contributed by atoms with Crippen LogP contribution in [0.1, 0.15) is 31.4 Å². The van der Waals surface area contributed by atoms with Crippen LogP contribution < -0.4 is 4.90 Å². The van der Waals surface area contributed by atoms with E-state index in [4.69, 9.17) is 23.2 Å². The monoisotopic (exact) mass is 488 g/mol. The average molecular weight is 490 g/mol. The van der Waals surface area contributed by atoms with Gasteiger partial charge >= 0.3 is 0 Å². The first-order valence-corrected chi connectivity index (χ1v) is 9.61. The Morgan fingerprint density at radius 3 is 2.32 bits per heavy atom. The van der Waals surface area contributed by atoms with Crippen molar-refractivity contribution in [2.75, 3.05) is 24.5 Å². The Morgan fingerprint density at radius 2 is 1.75 bits per heavy atom. The number of amides is 1. The molecule has 1 amide bonds. The summed E-state index contributed by atoms with van der Waals surface area (Å²) >= 11 is 12.2. The smallest absolute Gasteiger partial charge is 0.224 e. The van der Waals surface area contributed by atoms with Crippen molar-refractivity contribution >= 4 is 51.8 Å². The Morgan fingerprint density at radius 1 is 1.07 bits per heavy atom. The molecule has 0 spiro atoms. The molecule has 0 aromatic heterocycles. The SMILES string of the molecule is Br.CC(=O)N(c1ccc(Cl)c(Cl)c1)C(CN1CCCC1)c1ccc(O)c(O)c1. The van der Waals surface area contributed by atoms with Gasteiger partial charge in [-0.1, -0.05) is 29.3 Å². The zero-order valence-corrected chi connectivity index (χ0v) is 18.7. The highest BCUT2D eigenvalue weighted by Crippen LogP contribution is 2.36. The molecule has 0 bridgehead atoms. The maximum atomic E-state index is 12.6. The summed E-state index contributed by atoms with van der Waals surface area (Å²) in [6, 6.07) is 9.41. The summed E-state index contributed by atoms with van der Waals surface area (Å²) in [5.41, 5.74) is 1.37. The van der Waals surface area contributed by atoms with Crippen molar-refractivity contribution in [2.45, 2.75) is 25.8 Å². The largest absolute Gasteiger partial charge is 0.504 e. The summed E-state index contributed by atoms with van der Waals surface area (Å²) in [5.74, 6) is -0.552. The van der Waals surface area contributed by atoms with E-state index in [9.17, 15) is 15.0 Å². The van der Waals surface area contributed by atoms with Gasteiger partial charge < -0.3 is 20.0 Å². The molecule has 0 radical (unpaired) electrons. The highest BCUT2D eigenvalue weighted by molar-refractivity contribution is 8.93. The number of hydrogen-bond donors (Lipinski definition) is 2. The van der Waals surface area contributed by atoms with E-state index in [-0.39, 0.29) is 40.4 Å². The molecule has 0 aliphatic carbocycles. The number of rotatable bonds is 5. The maximum absolute atomic E-state index is 12.6. The summed E-state index contributed by atoms with van der Waals surface area (Å²) in [4.78, 5) is 16.6. The molecule has 2 N–H and O–H groups in total. The molecule has 1 unspecified atom stereocenters. The van der Waals surface area contributed by atoms with Crippen LogP contribution in [0, 0.1) is 0 Å². The van der Waals surface area contributed by atoms with Crippen LogP contribution in [0.5, 0.6) is 11.5 Å². The van der Waals surface area contributed by atoms with Gasteiger partial charge in [-0.2, -0.15) is 0 Å². The first kappa shape index (κ1) is 22.8. The second-order valence-corrected chi connectivity index (χ2v) is 7.57. The van der Waals surface area contributed by atoms with E-state index in [0.29, 0.717) is 22.3 Å². The number of carbonyl (C=O) groups excluding carboxylic acids is 1. The lowest BCUT2D eigenvalue weighted by molar-refractivity contribution is -0.117. The molecule has 2 aromatic rings. The first-order valence-electron chi connectivity index (χ1n) is 8.86. The van der Waals surface area contributed by atoms with Crippen LogP contribution in [-0.4, -0.2) is 40.7 Å². The number of anilines is 1. The lowest BCUT2D eigenvalue weighted by atomic mass is 10.0. The number of phenols is 2. The third kappa shape index (κ3) is 5.11. The first-order chi connectivity index (χ1) is 12.9. The van der Waals surface area contributed by atoms with Gasteiger partial charge in [0.15, 0.2) is 11.5 Å². The quantitative estimate of drug-likeness (QED) is 0.568. The van der Waals surface area contributed by atoms with E-state index in [1.807, 2.05) is 0 Å². The van der Waals surface area contributed by atoms with Gasteiger partial charge in [-0.25, -0.2) is 0 Å². The number of carbonyl (C=O) groups is 1. The van der Waals surface area contributed by atoms with E-state index < -0.39 is 0 Å². The molecule has 1 aliphatic rings. The number of halogens is 3. The molecule has 2 aromatic carbocycles. The second-order valence-electron chi connectivity index (χ2n) is 6.76. The number of phenolic OH excluding ortho intramolecular Hbond substituents is 2. The normalized spacial score (nSPS) is 15.1. The Bertz CT molecular complexity index is 844. The number of nitrogens with zero attached hydrogens (tertiary/aromatic N) is 2. The van der Waals surface area contributed by atoms with Gasteiger partial charge in [-0.15, -0.1) is 17.0 Å². The predicted octanol–water partition coefficient (Wildman–Crippen LogP) is 5.17. The lowest BCUT2D eigenvalue weighted by Crippen LogP contribution is -2.40. The van der Waals surface area contributed by atoms with Crippen LogP contribution in [0.3, 0.4) is 0 Å². The van der Waals surface area contributed by atoms with Gasteiger partial charge in [-0.3, -0.25) is 4.79 Å². The van der Waals surface area contributed by atoms with E-state index in [2.05, 4.69) is 4.90 Å². The van der Waals surface area contributed by atoms with Crippen molar-refractivity contribution in [1.29, 1.82) is 0 Å². The number of likely N-dealkylation sites (tertiary alicyclic amines) is 1. The van der Waals surface area contributed by atoms with Gasteiger partial charge in [0.25, 0.3) is 0 Å². The molecular formula is C20H23BrCl2N2O3. The predicted molar refractivity (Wildman–Crippen MR) is 118 cm³/mol. The van der Waals surface area contributed by atoms with Crippen LogP contribution in [0.15, 0.2) is 36.4 Å². The number of benzene rings is 2. The van der Waals surface area contributed by atoms with Crippen molar-refractivity contribution < 1.29 is 15.0 Å². The maximum Gasteiger partial charge on any atom is 0.224 e. The van der Waals surface area contributed by atoms with Crippen LogP contribution in [-0.2, 0) is 4.79 Å². The molecule has 0 saturated carbocycles. The molecule has 5 nitrogen and oxygen atoms in total. The Balaban J connectivity index is 0.00000280. The summed E-state index contributed by atoms with van der Waals surface area (Å²) in [6.07, 6.45) is 2.25. The van der Waals surface area contributed by atoms with Crippen molar-refractivity contribution in [3.63, 3.8) is 0 Å². The van der Waals surface area contributed by atoms with E-state index in [0.717, 1.165) is 31.5 Å². The molecule has 8 heteroatoms. The zero-order valence-electron chi connectivity index (χ0n) is 15.4. The zero-order chi connectivity index (χ0) is 19.6. The van der Waals surface area contributed by atoms with E-state index >= 15 is 0 Å². The highest BCUT2D eigenvalue weighted by atomic mass is 79.9. The fourth-order valence-electron chi connectivity index (χ4n) is 3.51. The standard InChI is InChI=1S/C20H22Cl2N2O3.BrH/c1-13(25)24(15-5-6-16(21)17(22)11-15)18(12-23-8-2-3-9-23)14-4-7-19(26)20(27)10-14;/h4-7,10-11,18,26-27H,2-3,8-9,12H2,1H3;1H. The van der Waals surface area contributed by atoms with Crippen LogP contribution in [0.25, 0.3) is 0 Å². The van der Waals surface area contributed by atoms with Crippen molar-refractivity contribution in [3.05, 3.63) is 52.0 Å². The third-order valence-corrected chi connectivity index (χ3v) is 5.59. The van der Waals surface area contributed by atoms with Crippen molar-refractivity contribution in [1.82, 2.24) is 4.90 Å². The minimum absolute atomic E-state index is 0. The van der Waals surface area contributed by atoms with E-state index in [1.165, 1.54) is 19.1 Å². The molecule has 1 fully saturated rings. The molecule has 1 aliphatic heterocycles. The summed E-state index contributed by atoms with van der Waals surface area (Å²) < 4.78 is 0. The van der Waals surface area contributed by atoms with E-state index in [1.54, 1.807) is 29.2 Å².